The molecule has 2 rings (SSSR count). The lowest BCUT2D eigenvalue weighted by molar-refractivity contribution is -0.112. The number of carbonyl (C=O) groups is 1. The smallest absolute Gasteiger partial charge is 0.176 e. The third-order valence-corrected chi connectivity index (χ3v) is 7.27. The number of carbonyl (C=O) groups excluding carboxylic acids is 1. The molecular formula is C21H21Br3O5. The van der Waals surface area contributed by atoms with Gasteiger partial charge in [-0.15, -0.1) is 0 Å². The Hall–Kier alpha value is -1.51. The van der Waals surface area contributed by atoms with Crippen LogP contribution in [0.1, 0.15) is 23.6 Å². The Kier molecular flexibility index (Phi) is 8.60. The topological polar surface area (TPSA) is 54.0 Å². The molecule has 0 saturated heterocycles. The second-order valence-electron chi connectivity index (χ2n) is 6.01. The molecule has 2 aromatic carbocycles. The van der Waals surface area contributed by atoms with Crippen molar-refractivity contribution in [3.05, 3.63) is 48.3 Å². The number of methoxy groups -OCH3 is 4. The molecule has 0 aromatic heterocycles. The lowest BCUT2D eigenvalue weighted by Gasteiger charge is -2.19. The molecule has 0 aliphatic rings. The lowest BCUT2D eigenvalue weighted by Crippen LogP contribution is -2.02. The zero-order valence-electron chi connectivity index (χ0n) is 16.7. The first-order valence-electron chi connectivity index (χ1n) is 8.49. The molecular weight excluding hydrogens is 572 g/mol. The molecule has 156 valence electrons. The van der Waals surface area contributed by atoms with Gasteiger partial charge in [0.25, 0.3) is 0 Å². The van der Waals surface area contributed by atoms with Gasteiger partial charge in [0.05, 0.1) is 37.4 Å². The van der Waals surface area contributed by atoms with Crippen molar-refractivity contribution in [2.24, 2.45) is 0 Å². The molecule has 5 nitrogen and oxygen atoms in total. The Morgan fingerprint density at radius 3 is 1.93 bits per heavy atom. The van der Waals surface area contributed by atoms with Crippen molar-refractivity contribution in [2.45, 2.75) is 13.3 Å². The fourth-order valence-corrected chi connectivity index (χ4v) is 4.61. The second kappa shape index (κ2) is 10.5. The summed E-state index contributed by atoms with van der Waals surface area (Å²) in [6, 6.07) is 3.76. The van der Waals surface area contributed by atoms with Crippen LogP contribution in [0.4, 0.5) is 0 Å². The molecule has 29 heavy (non-hydrogen) atoms. The normalized spacial score (nSPS) is 10.9. The number of halogens is 3. The van der Waals surface area contributed by atoms with E-state index in [-0.39, 0.29) is 5.78 Å². The first-order chi connectivity index (χ1) is 13.8. The largest absolute Gasteiger partial charge is 0.493 e. The zero-order valence-corrected chi connectivity index (χ0v) is 21.4. The summed E-state index contributed by atoms with van der Waals surface area (Å²) in [5.41, 5.74) is 2.72. The van der Waals surface area contributed by atoms with Crippen molar-refractivity contribution >= 4 is 59.6 Å². The summed E-state index contributed by atoms with van der Waals surface area (Å²) in [6.07, 6.45) is 3.82. The molecule has 0 radical (unpaired) electrons. The van der Waals surface area contributed by atoms with E-state index in [4.69, 9.17) is 18.9 Å². The van der Waals surface area contributed by atoms with Gasteiger partial charge >= 0.3 is 0 Å². The lowest BCUT2D eigenvalue weighted by atomic mass is 9.97. The third kappa shape index (κ3) is 5.16. The highest BCUT2D eigenvalue weighted by atomic mass is 79.9. The number of allylic oxidation sites excluding steroid dienone is 1. The fraction of sp³-hybridized carbons (Fsp3) is 0.286. The summed E-state index contributed by atoms with van der Waals surface area (Å²) in [7, 11) is 6.34. The van der Waals surface area contributed by atoms with Gasteiger partial charge in [-0.25, -0.2) is 0 Å². The Balaban J connectivity index is 2.71. The average molecular weight is 593 g/mol. The average Bonchev–Trinajstić information content (AvgIpc) is 2.70. The second-order valence-corrected chi connectivity index (χ2v) is 8.39. The van der Waals surface area contributed by atoms with Gasteiger partial charge in [-0.05, 0) is 89.6 Å². The number of benzene rings is 2. The summed E-state index contributed by atoms with van der Waals surface area (Å²) >= 11 is 10.9. The predicted octanol–water partition coefficient (Wildman–Crippen LogP) is 6.20. The van der Waals surface area contributed by atoms with Crippen LogP contribution in [0.25, 0.3) is 6.08 Å². The standard InChI is InChI=1S/C21H21Br3O5/c1-11(25)6-7-12-9-15(26-2)20(28-4)18(23)14(12)8-13-10-16(27-3)21(29-5)19(24)17(13)22/h6-7,9-10H,8H2,1-5H3. The van der Waals surface area contributed by atoms with E-state index >= 15 is 0 Å². The van der Waals surface area contributed by atoms with E-state index in [1.807, 2.05) is 12.1 Å². The molecule has 0 amide bonds. The van der Waals surface area contributed by atoms with Crippen LogP contribution < -0.4 is 18.9 Å². The minimum Gasteiger partial charge on any atom is -0.493 e. The van der Waals surface area contributed by atoms with Crippen molar-refractivity contribution in [3.8, 4) is 23.0 Å². The van der Waals surface area contributed by atoms with Crippen LogP contribution in [0.5, 0.6) is 23.0 Å². The highest BCUT2D eigenvalue weighted by molar-refractivity contribution is 9.13. The van der Waals surface area contributed by atoms with Crippen LogP contribution in [0.3, 0.4) is 0 Å². The maximum absolute atomic E-state index is 11.5. The van der Waals surface area contributed by atoms with Crippen molar-refractivity contribution in [2.75, 3.05) is 28.4 Å². The first kappa shape index (κ1) is 23.8. The molecule has 0 unspecified atom stereocenters. The monoisotopic (exact) mass is 590 g/mol. The summed E-state index contributed by atoms with van der Waals surface area (Å²) in [5, 5.41) is 0. The van der Waals surface area contributed by atoms with Crippen LogP contribution in [-0.4, -0.2) is 34.2 Å². The van der Waals surface area contributed by atoms with E-state index in [0.717, 1.165) is 30.1 Å². The van der Waals surface area contributed by atoms with Crippen molar-refractivity contribution < 1.29 is 23.7 Å². The van der Waals surface area contributed by atoms with Crippen LogP contribution >= 0.6 is 47.8 Å². The van der Waals surface area contributed by atoms with E-state index in [1.165, 1.54) is 13.0 Å². The van der Waals surface area contributed by atoms with Crippen LogP contribution in [0, 0.1) is 0 Å². The van der Waals surface area contributed by atoms with Gasteiger partial charge in [-0.2, -0.15) is 0 Å². The van der Waals surface area contributed by atoms with Crippen LogP contribution in [0.15, 0.2) is 31.6 Å². The number of ketones is 1. The van der Waals surface area contributed by atoms with E-state index in [0.29, 0.717) is 29.4 Å². The molecule has 0 heterocycles. The van der Waals surface area contributed by atoms with E-state index in [9.17, 15) is 4.79 Å². The molecule has 0 spiro atoms. The molecule has 0 N–H and O–H groups in total. The summed E-state index contributed by atoms with van der Waals surface area (Å²) in [6.45, 7) is 1.51. The molecule has 0 aliphatic heterocycles. The van der Waals surface area contributed by atoms with Crippen LogP contribution in [0.2, 0.25) is 0 Å². The number of hydrogen-bond acceptors (Lipinski definition) is 5. The van der Waals surface area contributed by atoms with Crippen LogP contribution in [-0.2, 0) is 11.2 Å². The molecule has 2 aromatic rings. The first-order valence-corrected chi connectivity index (χ1v) is 10.9. The molecule has 0 bridgehead atoms. The highest BCUT2D eigenvalue weighted by Gasteiger charge is 2.21. The molecule has 0 fully saturated rings. The Bertz CT molecular complexity index is 954. The quantitative estimate of drug-likeness (QED) is 0.342. The van der Waals surface area contributed by atoms with Gasteiger partial charge in [-0.3, -0.25) is 4.79 Å². The maximum atomic E-state index is 11.5. The highest BCUT2D eigenvalue weighted by Crippen LogP contribution is 2.45. The molecule has 0 aliphatic carbocycles. The summed E-state index contributed by atoms with van der Waals surface area (Å²) in [4.78, 5) is 11.5. The summed E-state index contributed by atoms with van der Waals surface area (Å²) < 4.78 is 24.3. The molecule has 0 atom stereocenters. The van der Waals surface area contributed by atoms with Gasteiger partial charge in [0.2, 0.25) is 0 Å². The minimum atomic E-state index is -0.0445. The van der Waals surface area contributed by atoms with Gasteiger partial charge in [0, 0.05) is 10.9 Å². The number of ether oxygens (including phenoxy) is 4. The Morgan fingerprint density at radius 1 is 0.862 bits per heavy atom. The predicted molar refractivity (Wildman–Crippen MR) is 125 cm³/mol. The third-order valence-electron chi connectivity index (χ3n) is 4.24. The van der Waals surface area contributed by atoms with Gasteiger partial charge < -0.3 is 18.9 Å². The number of hydrogen-bond donors (Lipinski definition) is 0. The Morgan fingerprint density at radius 2 is 1.41 bits per heavy atom. The minimum absolute atomic E-state index is 0.0445. The molecule has 0 saturated carbocycles. The van der Waals surface area contributed by atoms with Crippen molar-refractivity contribution in [1.82, 2.24) is 0 Å². The number of rotatable bonds is 8. The van der Waals surface area contributed by atoms with Gasteiger partial charge in [0.15, 0.2) is 28.8 Å². The van der Waals surface area contributed by atoms with Gasteiger partial charge in [-0.1, -0.05) is 6.08 Å². The van der Waals surface area contributed by atoms with Crippen molar-refractivity contribution in [1.29, 1.82) is 0 Å². The maximum Gasteiger partial charge on any atom is 0.176 e. The zero-order chi connectivity index (χ0) is 21.7. The summed E-state index contributed by atoms with van der Waals surface area (Å²) in [5.74, 6) is 2.31. The van der Waals surface area contributed by atoms with Gasteiger partial charge in [0.1, 0.15) is 0 Å². The fourth-order valence-electron chi connectivity index (χ4n) is 2.84. The molecule has 8 heteroatoms. The van der Waals surface area contributed by atoms with Crippen molar-refractivity contribution in [3.63, 3.8) is 0 Å². The Labute approximate surface area is 195 Å². The SMILES string of the molecule is COc1cc(Cc2c(C=CC(C)=O)cc(OC)c(OC)c2Br)c(Br)c(Br)c1OC. The van der Waals surface area contributed by atoms with E-state index in [2.05, 4.69) is 47.8 Å². The van der Waals surface area contributed by atoms with E-state index < -0.39 is 0 Å². The van der Waals surface area contributed by atoms with E-state index in [1.54, 1.807) is 34.5 Å².